The quantitative estimate of drug-likeness (QED) is 0.926. The lowest BCUT2D eigenvalue weighted by molar-refractivity contribution is -0.119. The van der Waals surface area contributed by atoms with Gasteiger partial charge in [-0.05, 0) is 55.7 Å². The lowest BCUT2D eigenvalue weighted by atomic mass is 10.1. The molecule has 0 aromatic heterocycles. The molecule has 4 nitrogen and oxygen atoms in total. The summed E-state index contributed by atoms with van der Waals surface area (Å²) in [5.74, 6) is -1.69. The predicted octanol–water partition coefficient (Wildman–Crippen LogP) is 3.52. The summed E-state index contributed by atoms with van der Waals surface area (Å²) in [7, 11) is 0. The summed E-state index contributed by atoms with van der Waals surface area (Å²) in [4.78, 5) is 26.6. The maximum atomic E-state index is 13.4. The summed E-state index contributed by atoms with van der Waals surface area (Å²) in [6, 6.07) is 8.90. The zero-order chi connectivity index (χ0) is 18.0. The van der Waals surface area contributed by atoms with E-state index in [2.05, 4.69) is 5.32 Å². The molecule has 6 heteroatoms. The molecule has 0 saturated carbocycles. The van der Waals surface area contributed by atoms with Crippen LogP contribution in [0.25, 0.3) is 0 Å². The van der Waals surface area contributed by atoms with Crippen molar-refractivity contribution in [3.05, 3.63) is 65.2 Å². The van der Waals surface area contributed by atoms with Crippen molar-refractivity contribution in [2.45, 2.75) is 25.8 Å². The van der Waals surface area contributed by atoms with E-state index in [0.717, 1.165) is 11.6 Å². The Morgan fingerprint density at radius 3 is 2.64 bits per heavy atom. The van der Waals surface area contributed by atoms with Gasteiger partial charge in [0.25, 0.3) is 5.91 Å². The molecule has 2 amide bonds. The molecule has 0 bridgehead atoms. The number of halogens is 2. The molecule has 1 atom stereocenters. The molecule has 0 spiro atoms. The summed E-state index contributed by atoms with van der Waals surface area (Å²) in [6.07, 6.45) is 1.20. The first kappa shape index (κ1) is 17.1. The van der Waals surface area contributed by atoms with Gasteiger partial charge in [0.15, 0.2) is 0 Å². The van der Waals surface area contributed by atoms with Crippen molar-refractivity contribution in [3.63, 3.8) is 0 Å². The topological polar surface area (TPSA) is 49.4 Å². The van der Waals surface area contributed by atoms with Crippen LogP contribution in [0, 0.1) is 18.6 Å². The Kier molecular flexibility index (Phi) is 4.79. The number of likely N-dealkylation sites (tertiary alicyclic amines) is 1. The van der Waals surface area contributed by atoms with Crippen molar-refractivity contribution in [1.29, 1.82) is 0 Å². The first-order chi connectivity index (χ1) is 12.0. The second kappa shape index (κ2) is 7.01. The molecule has 25 heavy (non-hydrogen) atoms. The average molecular weight is 344 g/mol. The van der Waals surface area contributed by atoms with Crippen LogP contribution >= 0.6 is 0 Å². The highest BCUT2D eigenvalue weighted by molar-refractivity contribution is 6.01. The maximum absolute atomic E-state index is 13.4. The molecular weight excluding hydrogens is 326 g/mol. The fourth-order valence-electron chi connectivity index (χ4n) is 3.01. The largest absolute Gasteiger partial charge is 0.327 e. The van der Waals surface area contributed by atoms with E-state index >= 15 is 0 Å². The van der Waals surface area contributed by atoms with E-state index in [-0.39, 0.29) is 17.4 Å². The van der Waals surface area contributed by atoms with Gasteiger partial charge in [0.1, 0.15) is 17.7 Å². The van der Waals surface area contributed by atoms with E-state index in [4.69, 9.17) is 0 Å². The van der Waals surface area contributed by atoms with E-state index in [1.165, 1.54) is 35.2 Å². The summed E-state index contributed by atoms with van der Waals surface area (Å²) in [5, 5.41) is 2.69. The van der Waals surface area contributed by atoms with Gasteiger partial charge in [-0.25, -0.2) is 8.78 Å². The second-order valence-corrected chi connectivity index (χ2v) is 6.12. The van der Waals surface area contributed by atoms with Crippen molar-refractivity contribution in [2.24, 2.45) is 0 Å². The van der Waals surface area contributed by atoms with Gasteiger partial charge in [-0.2, -0.15) is 0 Å². The molecule has 2 aromatic carbocycles. The van der Waals surface area contributed by atoms with Gasteiger partial charge in [-0.3, -0.25) is 9.59 Å². The van der Waals surface area contributed by atoms with E-state index in [0.29, 0.717) is 25.1 Å². The van der Waals surface area contributed by atoms with Gasteiger partial charge in [0.05, 0.1) is 0 Å². The monoisotopic (exact) mass is 344 g/mol. The third-order valence-electron chi connectivity index (χ3n) is 4.35. The number of nitrogens with one attached hydrogen (secondary N) is 1. The highest BCUT2D eigenvalue weighted by Gasteiger charge is 2.34. The minimum absolute atomic E-state index is 0.210. The predicted molar refractivity (Wildman–Crippen MR) is 90.2 cm³/mol. The molecular formula is C19H18F2N2O2. The second-order valence-electron chi connectivity index (χ2n) is 6.12. The van der Waals surface area contributed by atoms with Gasteiger partial charge in [0.2, 0.25) is 5.91 Å². The number of carbonyl (C=O) groups is 2. The molecule has 3 rings (SSSR count). The van der Waals surface area contributed by atoms with Gasteiger partial charge < -0.3 is 10.2 Å². The molecule has 2 aromatic rings. The van der Waals surface area contributed by atoms with Crippen LogP contribution in [0.1, 0.15) is 28.8 Å². The number of hydrogen-bond donors (Lipinski definition) is 1. The Morgan fingerprint density at radius 1 is 1.12 bits per heavy atom. The first-order valence-electron chi connectivity index (χ1n) is 8.09. The third kappa shape index (κ3) is 3.68. The molecule has 130 valence electrons. The fourth-order valence-corrected chi connectivity index (χ4v) is 3.01. The lowest BCUT2D eigenvalue weighted by Gasteiger charge is -2.24. The summed E-state index contributed by atoms with van der Waals surface area (Å²) < 4.78 is 26.7. The molecule has 1 fully saturated rings. The number of rotatable bonds is 3. The van der Waals surface area contributed by atoms with Crippen molar-refractivity contribution in [2.75, 3.05) is 11.9 Å². The van der Waals surface area contributed by atoms with Gasteiger partial charge >= 0.3 is 0 Å². The summed E-state index contributed by atoms with van der Waals surface area (Å²) in [5.41, 5.74) is 1.33. The third-order valence-corrected chi connectivity index (χ3v) is 4.35. The van der Waals surface area contributed by atoms with Crippen molar-refractivity contribution < 1.29 is 18.4 Å². The molecule has 0 unspecified atom stereocenters. The number of aryl methyl sites for hydroxylation is 1. The van der Waals surface area contributed by atoms with Crippen LogP contribution in [0.3, 0.4) is 0 Å². The maximum Gasteiger partial charge on any atom is 0.254 e. The molecule has 1 aliphatic heterocycles. The molecule has 1 heterocycles. The number of hydrogen-bond acceptors (Lipinski definition) is 2. The average Bonchev–Trinajstić information content (AvgIpc) is 3.07. The summed E-state index contributed by atoms with van der Waals surface area (Å²) >= 11 is 0. The van der Waals surface area contributed by atoms with Crippen molar-refractivity contribution in [3.8, 4) is 0 Å². The SMILES string of the molecule is Cc1ccc(F)cc1NC(=O)[C@H]1CCCN1C(=O)c1cccc(F)c1. The van der Waals surface area contributed by atoms with E-state index in [1.54, 1.807) is 13.0 Å². The Hall–Kier alpha value is -2.76. The Bertz CT molecular complexity index is 823. The number of carbonyl (C=O) groups excluding carboxylic acids is 2. The number of anilines is 1. The van der Waals surface area contributed by atoms with Crippen LogP contribution in [-0.4, -0.2) is 29.3 Å². The van der Waals surface area contributed by atoms with Crippen LogP contribution in [0.15, 0.2) is 42.5 Å². The fraction of sp³-hybridized carbons (Fsp3) is 0.263. The van der Waals surface area contributed by atoms with Gasteiger partial charge in [-0.15, -0.1) is 0 Å². The Labute approximate surface area is 144 Å². The summed E-state index contributed by atoms with van der Waals surface area (Å²) in [6.45, 7) is 2.19. The smallest absolute Gasteiger partial charge is 0.254 e. The van der Waals surface area contributed by atoms with Crippen LogP contribution < -0.4 is 5.32 Å². The number of benzene rings is 2. The molecule has 1 aliphatic rings. The van der Waals surface area contributed by atoms with Gasteiger partial charge in [0, 0.05) is 17.8 Å². The zero-order valence-corrected chi connectivity index (χ0v) is 13.8. The van der Waals surface area contributed by atoms with Crippen LogP contribution in [-0.2, 0) is 4.79 Å². The number of amides is 2. The van der Waals surface area contributed by atoms with Gasteiger partial charge in [-0.1, -0.05) is 12.1 Å². The van der Waals surface area contributed by atoms with E-state index in [9.17, 15) is 18.4 Å². The molecule has 0 aliphatic carbocycles. The number of nitrogens with zero attached hydrogens (tertiary/aromatic N) is 1. The van der Waals surface area contributed by atoms with E-state index < -0.39 is 17.7 Å². The first-order valence-corrected chi connectivity index (χ1v) is 8.09. The molecule has 1 N–H and O–H groups in total. The molecule has 1 saturated heterocycles. The van der Waals surface area contributed by atoms with Crippen LogP contribution in [0.5, 0.6) is 0 Å². The van der Waals surface area contributed by atoms with Crippen molar-refractivity contribution >= 4 is 17.5 Å². The minimum Gasteiger partial charge on any atom is -0.327 e. The van der Waals surface area contributed by atoms with E-state index in [1.807, 2.05) is 0 Å². The lowest BCUT2D eigenvalue weighted by Crippen LogP contribution is -2.43. The Morgan fingerprint density at radius 2 is 1.88 bits per heavy atom. The zero-order valence-electron chi connectivity index (χ0n) is 13.8. The van der Waals surface area contributed by atoms with Crippen molar-refractivity contribution in [1.82, 2.24) is 4.90 Å². The Balaban J connectivity index is 1.78. The van der Waals surface area contributed by atoms with Crippen LogP contribution in [0.4, 0.5) is 14.5 Å². The highest BCUT2D eigenvalue weighted by Crippen LogP contribution is 2.23. The molecule has 0 radical (unpaired) electrons. The minimum atomic E-state index is -0.654. The van der Waals surface area contributed by atoms with Crippen LogP contribution in [0.2, 0.25) is 0 Å². The standard InChI is InChI=1S/C19H18F2N2O2/c1-12-7-8-15(21)11-16(12)22-18(24)17-6-3-9-23(17)19(25)13-4-2-5-14(20)10-13/h2,4-5,7-8,10-11,17H,3,6,9H2,1H3,(H,22,24)/t17-/m1/s1. The normalized spacial score (nSPS) is 16.8. The highest BCUT2D eigenvalue weighted by atomic mass is 19.1.